The van der Waals surface area contributed by atoms with Gasteiger partial charge in [-0.2, -0.15) is 11.8 Å². The summed E-state index contributed by atoms with van der Waals surface area (Å²) in [6.07, 6.45) is 4.03. The number of urea groups is 1. The third kappa shape index (κ3) is 3.81. The minimum absolute atomic E-state index is 0.0262. The zero-order chi connectivity index (χ0) is 15.3. The lowest BCUT2D eigenvalue weighted by molar-refractivity contribution is -0.150. The Hall–Kier alpha value is -0.910. The van der Waals surface area contributed by atoms with E-state index < -0.39 is 11.4 Å². The average Bonchev–Trinajstić information content (AvgIpc) is 2.44. The summed E-state index contributed by atoms with van der Waals surface area (Å²) in [5.74, 6) is 0.172. The van der Waals surface area contributed by atoms with Gasteiger partial charge in [-0.15, -0.1) is 0 Å². The zero-order valence-corrected chi connectivity index (χ0v) is 13.7. The largest absolute Gasteiger partial charge is 0.481 e. The highest BCUT2D eigenvalue weighted by Gasteiger charge is 2.38. The number of aliphatic carboxylic acids is 1. The molecule has 0 aliphatic carbocycles. The second kappa shape index (κ2) is 7.20. The molecule has 1 atom stereocenters. The molecule has 2 amide bonds. The van der Waals surface area contributed by atoms with Crippen LogP contribution in [0.4, 0.5) is 4.79 Å². The van der Waals surface area contributed by atoms with Gasteiger partial charge in [0.2, 0.25) is 0 Å². The molecule has 1 N–H and O–H groups in total. The number of hydrogen-bond acceptors (Lipinski definition) is 3. The highest BCUT2D eigenvalue weighted by Crippen LogP contribution is 2.31. The minimum Gasteiger partial charge on any atom is -0.481 e. The SMILES string of the molecule is CCC(CSC)N(C)C(=O)N1CCC(C)(C(=O)O)CC1. The number of piperidine rings is 1. The van der Waals surface area contributed by atoms with Gasteiger partial charge in [-0.1, -0.05) is 6.92 Å². The van der Waals surface area contributed by atoms with Gasteiger partial charge in [0.1, 0.15) is 0 Å². The van der Waals surface area contributed by atoms with Gasteiger partial charge in [0, 0.05) is 31.9 Å². The van der Waals surface area contributed by atoms with Crippen LogP contribution < -0.4 is 0 Å². The fourth-order valence-corrected chi connectivity index (χ4v) is 3.32. The van der Waals surface area contributed by atoms with Crippen LogP contribution in [-0.2, 0) is 4.79 Å². The molecule has 1 unspecified atom stereocenters. The monoisotopic (exact) mass is 302 g/mol. The molecule has 1 aliphatic heterocycles. The van der Waals surface area contributed by atoms with Crippen LogP contribution in [0.15, 0.2) is 0 Å². The maximum Gasteiger partial charge on any atom is 0.320 e. The quantitative estimate of drug-likeness (QED) is 0.847. The first-order chi connectivity index (χ1) is 9.35. The summed E-state index contributed by atoms with van der Waals surface area (Å²) in [6, 6.07) is 0.267. The molecule has 0 aromatic carbocycles. The lowest BCUT2D eigenvalue weighted by Crippen LogP contribution is -2.51. The van der Waals surface area contributed by atoms with Crippen molar-refractivity contribution in [2.24, 2.45) is 5.41 Å². The van der Waals surface area contributed by atoms with Crippen LogP contribution in [0.2, 0.25) is 0 Å². The lowest BCUT2D eigenvalue weighted by atomic mass is 9.80. The maximum absolute atomic E-state index is 12.4. The summed E-state index contributed by atoms with van der Waals surface area (Å²) >= 11 is 1.74. The fourth-order valence-electron chi connectivity index (χ4n) is 2.48. The van der Waals surface area contributed by atoms with Gasteiger partial charge in [0.25, 0.3) is 0 Å². The predicted molar refractivity (Wildman–Crippen MR) is 82.2 cm³/mol. The predicted octanol–water partition coefficient (Wildman–Crippen LogP) is 2.37. The number of likely N-dealkylation sites (tertiary alicyclic amines) is 1. The van der Waals surface area contributed by atoms with E-state index in [-0.39, 0.29) is 12.1 Å². The second-order valence-electron chi connectivity index (χ2n) is 5.76. The zero-order valence-electron chi connectivity index (χ0n) is 12.9. The van der Waals surface area contributed by atoms with Crippen molar-refractivity contribution >= 4 is 23.8 Å². The van der Waals surface area contributed by atoms with Crippen molar-refractivity contribution in [3.8, 4) is 0 Å². The molecule has 1 rings (SSSR count). The van der Waals surface area contributed by atoms with Gasteiger partial charge in [0.05, 0.1) is 5.41 Å². The molecule has 1 aliphatic rings. The summed E-state index contributed by atoms with van der Waals surface area (Å²) in [6.45, 7) is 4.91. The van der Waals surface area contributed by atoms with Crippen LogP contribution in [0.3, 0.4) is 0 Å². The lowest BCUT2D eigenvalue weighted by Gasteiger charge is -2.39. The van der Waals surface area contributed by atoms with Gasteiger partial charge in [-0.25, -0.2) is 4.79 Å². The standard InChI is InChI=1S/C14H26N2O3S/c1-5-11(10-20-4)15(3)13(19)16-8-6-14(2,7-9-16)12(17)18/h11H,5-10H2,1-4H3,(H,17,18). The Labute approximate surface area is 125 Å². The molecule has 6 heteroatoms. The first-order valence-corrected chi connectivity index (χ1v) is 8.49. The molecule has 1 heterocycles. The molecule has 0 saturated carbocycles. The molecule has 0 aromatic rings. The van der Waals surface area contributed by atoms with Gasteiger partial charge < -0.3 is 14.9 Å². The number of hydrogen-bond donors (Lipinski definition) is 1. The molecule has 0 aromatic heterocycles. The van der Waals surface area contributed by atoms with Crippen LogP contribution in [0.25, 0.3) is 0 Å². The second-order valence-corrected chi connectivity index (χ2v) is 6.67. The molecule has 0 spiro atoms. The van der Waals surface area contributed by atoms with Crippen LogP contribution in [-0.4, -0.2) is 65.1 Å². The van der Waals surface area contributed by atoms with Crippen molar-refractivity contribution in [1.29, 1.82) is 0 Å². The molecule has 1 saturated heterocycles. The first kappa shape index (κ1) is 17.1. The number of carboxylic acid groups (broad SMARTS) is 1. The van der Waals surface area contributed by atoms with E-state index in [2.05, 4.69) is 6.92 Å². The highest BCUT2D eigenvalue weighted by molar-refractivity contribution is 7.98. The van der Waals surface area contributed by atoms with Crippen molar-refractivity contribution in [3.05, 3.63) is 0 Å². The Bertz CT molecular complexity index is 354. The van der Waals surface area contributed by atoms with Crippen LogP contribution in [0, 0.1) is 5.41 Å². The normalized spacial score (nSPS) is 19.5. The Balaban J connectivity index is 2.60. The summed E-state index contributed by atoms with van der Waals surface area (Å²) in [4.78, 5) is 27.2. The van der Waals surface area contributed by atoms with E-state index in [4.69, 9.17) is 0 Å². The third-order valence-corrected chi connectivity index (χ3v) is 5.05. The summed E-state index contributed by atoms with van der Waals surface area (Å²) in [7, 11) is 1.84. The maximum atomic E-state index is 12.4. The van der Waals surface area contributed by atoms with Gasteiger partial charge in [0.15, 0.2) is 0 Å². The molecule has 20 heavy (non-hydrogen) atoms. The number of thioether (sulfide) groups is 1. The van der Waals surface area contributed by atoms with Gasteiger partial charge >= 0.3 is 12.0 Å². The van der Waals surface area contributed by atoms with Crippen molar-refractivity contribution < 1.29 is 14.7 Å². The Morgan fingerprint density at radius 1 is 1.40 bits per heavy atom. The van der Waals surface area contributed by atoms with E-state index in [1.165, 1.54) is 0 Å². The third-order valence-electron chi connectivity index (χ3n) is 4.33. The van der Waals surface area contributed by atoms with E-state index in [9.17, 15) is 14.7 Å². The van der Waals surface area contributed by atoms with Gasteiger partial charge in [-0.3, -0.25) is 4.79 Å². The molecule has 5 nitrogen and oxygen atoms in total. The van der Waals surface area contributed by atoms with Crippen LogP contribution in [0.1, 0.15) is 33.1 Å². The molecular formula is C14H26N2O3S. The van der Waals surface area contributed by atoms with E-state index in [1.807, 2.05) is 13.3 Å². The van der Waals surface area contributed by atoms with E-state index in [0.717, 1.165) is 12.2 Å². The first-order valence-electron chi connectivity index (χ1n) is 7.09. The van der Waals surface area contributed by atoms with Crippen molar-refractivity contribution in [3.63, 3.8) is 0 Å². The number of carbonyl (C=O) groups is 2. The molecule has 1 fully saturated rings. The summed E-state index contributed by atoms with van der Waals surface area (Å²) in [5.41, 5.74) is -0.682. The molecule has 0 bridgehead atoms. The van der Waals surface area contributed by atoms with Crippen molar-refractivity contribution in [2.45, 2.75) is 39.2 Å². The number of nitrogens with zero attached hydrogens (tertiary/aromatic N) is 2. The molecular weight excluding hydrogens is 276 g/mol. The number of carbonyl (C=O) groups excluding carboxylic acids is 1. The molecule has 0 radical (unpaired) electrons. The smallest absolute Gasteiger partial charge is 0.320 e. The Morgan fingerprint density at radius 3 is 2.35 bits per heavy atom. The highest BCUT2D eigenvalue weighted by atomic mass is 32.2. The van der Waals surface area contributed by atoms with Crippen molar-refractivity contribution in [2.75, 3.05) is 32.1 Å². The number of carboxylic acids is 1. The minimum atomic E-state index is -0.758. The van der Waals surface area contributed by atoms with E-state index >= 15 is 0 Å². The Kier molecular flexibility index (Phi) is 6.17. The topological polar surface area (TPSA) is 60.9 Å². The molecule has 116 valence electrons. The number of amides is 2. The fraction of sp³-hybridized carbons (Fsp3) is 0.857. The van der Waals surface area contributed by atoms with Crippen LogP contribution >= 0.6 is 11.8 Å². The van der Waals surface area contributed by atoms with Crippen molar-refractivity contribution in [1.82, 2.24) is 9.80 Å². The number of rotatable bonds is 5. The average molecular weight is 302 g/mol. The summed E-state index contributed by atoms with van der Waals surface area (Å²) in [5, 5.41) is 9.21. The van der Waals surface area contributed by atoms with Gasteiger partial charge in [-0.05, 0) is 32.4 Å². The van der Waals surface area contributed by atoms with E-state index in [1.54, 1.807) is 28.5 Å². The summed E-state index contributed by atoms with van der Waals surface area (Å²) < 4.78 is 0. The van der Waals surface area contributed by atoms with Crippen LogP contribution in [0.5, 0.6) is 0 Å². The Morgan fingerprint density at radius 2 is 1.95 bits per heavy atom. The van der Waals surface area contributed by atoms with E-state index in [0.29, 0.717) is 25.9 Å².